The summed E-state index contributed by atoms with van der Waals surface area (Å²) < 4.78 is 2.54. The molecule has 1 heterocycles. The van der Waals surface area contributed by atoms with Gasteiger partial charge in [-0.15, -0.1) is 11.3 Å². The molecular weight excluding hydrogens is 342 g/mol. The second-order valence-corrected chi connectivity index (χ2v) is 6.96. The molecule has 1 unspecified atom stereocenters. The lowest BCUT2D eigenvalue weighted by Crippen LogP contribution is -2.22. The van der Waals surface area contributed by atoms with Crippen molar-refractivity contribution in [1.82, 2.24) is 5.32 Å². The van der Waals surface area contributed by atoms with Crippen molar-refractivity contribution in [2.75, 3.05) is 6.54 Å². The molecule has 0 aliphatic carbocycles. The molecule has 0 saturated heterocycles. The van der Waals surface area contributed by atoms with Crippen LogP contribution in [-0.4, -0.2) is 6.54 Å². The van der Waals surface area contributed by atoms with E-state index >= 15 is 0 Å². The number of fused-ring (bicyclic) bond motifs is 1. The molecule has 0 spiro atoms. The van der Waals surface area contributed by atoms with E-state index in [0.717, 1.165) is 11.0 Å². The fraction of sp³-hybridized carbons (Fsp3) is 0.222. The van der Waals surface area contributed by atoms with E-state index in [4.69, 9.17) is 0 Å². The average Bonchev–Trinajstić information content (AvgIpc) is 2.96. The molecule has 3 heteroatoms. The maximum Gasteiger partial charge on any atom is 0.0590 e. The molecule has 0 aliphatic rings. The third kappa shape index (κ3) is 2.91. The molecule has 1 nitrogen and oxygen atoms in total. The summed E-state index contributed by atoms with van der Waals surface area (Å²) in [5.74, 6) is 0. The van der Waals surface area contributed by atoms with Crippen molar-refractivity contribution in [3.8, 4) is 0 Å². The summed E-state index contributed by atoms with van der Waals surface area (Å²) in [5, 5.41) is 7.13. The maximum absolute atomic E-state index is 3.64. The first-order valence-corrected chi connectivity index (χ1v) is 8.83. The molecule has 3 rings (SSSR count). The van der Waals surface area contributed by atoms with Crippen molar-refractivity contribution in [3.05, 3.63) is 69.0 Å². The summed E-state index contributed by atoms with van der Waals surface area (Å²) in [6.45, 7) is 5.25. The Balaban J connectivity index is 2.13. The standard InChI is InChI=1S/C18H18BrNS/c1-3-20-17(14-7-8-16(19)12(2)11-14)15-6-4-5-13-9-10-21-18(13)15/h4-11,17,20H,3H2,1-2H3. The van der Waals surface area contributed by atoms with E-state index in [1.807, 2.05) is 11.3 Å². The van der Waals surface area contributed by atoms with Crippen LogP contribution in [0.2, 0.25) is 0 Å². The molecule has 0 saturated carbocycles. The summed E-state index contributed by atoms with van der Waals surface area (Å²) in [7, 11) is 0. The molecule has 0 aliphatic heterocycles. The van der Waals surface area contributed by atoms with E-state index in [1.165, 1.54) is 26.8 Å². The highest BCUT2D eigenvalue weighted by molar-refractivity contribution is 9.10. The second-order valence-electron chi connectivity index (χ2n) is 5.19. The Hall–Kier alpha value is -1.16. The van der Waals surface area contributed by atoms with Gasteiger partial charge in [0.15, 0.2) is 0 Å². The highest BCUT2D eigenvalue weighted by atomic mass is 79.9. The summed E-state index contributed by atoms with van der Waals surface area (Å²) in [5.41, 5.74) is 3.96. The van der Waals surface area contributed by atoms with E-state index < -0.39 is 0 Å². The van der Waals surface area contributed by atoms with Gasteiger partial charge in [0.05, 0.1) is 6.04 Å². The monoisotopic (exact) mass is 359 g/mol. The van der Waals surface area contributed by atoms with Crippen LogP contribution >= 0.6 is 27.3 Å². The lowest BCUT2D eigenvalue weighted by atomic mass is 9.96. The number of halogens is 1. The molecule has 0 radical (unpaired) electrons. The Kier molecular flexibility index (Phi) is 4.43. The fourth-order valence-electron chi connectivity index (χ4n) is 2.70. The highest BCUT2D eigenvalue weighted by Crippen LogP contribution is 2.33. The summed E-state index contributed by atoms with van der Waals surface area (Å²) in [6, 6.07) is 15.6. The zero-order valence-electron chi connectivity index (χ0n) is 12.2. The molecule has 108 valence electrons. The molecule has 0 bridgehead atoms. The van der Waals surface area contributed by atoms with Crippen molar-refractivity contribution < 1.29 is 0 Å². The zero-order valence-corrected chi connectivity index (χ0v) is 14.6. The Bertz CT molecular complexity index is 763. The minimum Gasteiger partial charge on any atom is -0.306 e. The van der Waals surface area contributed by atoms with Gasteiger partial charge < -0.3 is 5.32 Å². The summed E-state index contributed by atoms with van der Waals surface area (Å²) in [6.07, 6.45) is 0. The Morgan fingerprint density at radius 1 is 1.19 bits per heavy atom. The van der Waals surface area contributed by atoms with Crippen LogP contribution in [0.5, 0.6) is 0 Å². The van der Waals surface area contributed by atoms with Gasteiger partial charge in [-0.05, 0) is 53.1 Å². The average molecular weight is 360 g/mol. The predicted octanol–water partition coefficient (Wildman–Crippen LogP) is 5.67. The number of nitrogens with one attached hydrogen (secondary N) is 1. The second kappa shape index (κ2) is 6.30. The van der Waals surface area contributed by atoms with Gasteiger partial charge in [-0.25, -0.2) is 0 Å². The summed E-state index contributed by atoms with van der Waals surface area (Å²) >= 11 is 5.41. The van der Waals surface area contributed by atoms with E-state index in [0.29, 0.717) is 0 Å². The van der Waals surface area contributed by atoms with Crippen LogP contribution in [0.1, 0.15) is 29.7 Å². The smallest absolute Gasteiger partial charge is 0.0590 e. The lowest BCUT2D eigenvalue weighted by Gasteiger charge is -2.20. The molecule has 3 aromatic rings. The first kappa shape index (κ1) is 14.8. The SMILES string of the molecule is CCNC(c1ccc(Br)c(C)c1)c1cccc2ccsc12. The normalized spacial score (nSPS) is 12.7. The van der Waals surface area contributed by atoms with Crippen molar-refractivity contribution >= 4 is 37.4 Å². The molecule has 1 atom stereocenters. The molecule has 2 aromatic carbocycles. The van der Waals surface area contributed by atoms with Gasteiger partial charge in [0.2, 0.25) is 0 Å². The van der Waals surface area contributed by atoms with Gasteiger partial charge in [-0.2, -0.15) is 0 Å². The third-order valence-electron chi connectivity index (χ3n) is 3.74. The largest absolute Gasteiger partial charge is 0.306 e. The van der Waals surface area contributed by atoms with Crippen LogP contribution in [0.3, 0.4) is 0 Å². The Morgan fingerprint density at radius 3 is 2.81 bits per heavy atom. The van der Waals surface area contributed by atoms with Crippen LogP contribution in [-0.2, 0) is 0 Å². The van der Waals surface area contributed by atoms with Crippen LogP contribution in [0.15, 0.2) is 52.3 Å². The van der Waals surface area contributed by atoms with Crippen LogP contribution in [0.4, 0.5) is 0 Å². The summed E-state index contributed by atoms with van der Waals surface area (Å²) in [4.78, 5) is 0. The van der Waals surface area contributed by atoms with E-state index in [9.17, 15) is 0 Å². The molecule has 0 fully saturated rings. The van der Waals surface area contributed by atoms with Crippen LogP contribution in [0.25, 0.3) is 10.1 Å². The minimum atomic E-state index is 0.240. The van der Waals surface area contributed by atoms with Crippen molar-refractivity contribution in [1.29, 1.82) is 0 Å². The molecule has 0 amide bonds. The Labute approximate surface area is 138 Å². The van der Waals surface area contributed by atoms with Gasteiger partial charge in [0.25, 0.3) is 0 Å². The molecule has 1 aromatic heterocycles. The Morgan fingerprint density at radius 2 is 2.05 bits per heavy atom. The number of hydrogen-bond acceptors (Lipinski definition) is 2. The predicted molar refractivity (Wildman–Crippen MR) is 96.2 cm³/mol. The maximum atomic E-state index is 3.64. The van der Waals surface area contributed by atoms with Gasteiger partial charge >= 0.3 is 0 Å². The first-order valence-electron chi connectivity index (χ1n) is 7.16. The van der Waals surface area contributed by atoms with E-state index in [-0.39, 0.29) is 6.04 Å². The van der Waals surface area contributed by atoms with Gasteiger partial charge in [-0.1, -0.05) is 53.2 Å². The van der Waals surface area contributed by atoms with Crippen molar-refractivity contribution in [3.63, 3.8) is 0 Å². The number of rotatable bonds is 4. The fourth-order valence-corrected chi connectivity index (χ4v) is 3.89. The molecule has 1 N–H and O–H groups in total. The number of thiophene rings is 1. The van der Waals surface area contributed by atoms with E-state index in [2.05, 4.69) is 82.9 Å². The topological polar surface area (TPSA) is 12.0 Å². The van der Waals surface area contributed by atoms with Crippen molar-refractivity contribution in [2.45, 2.75) is 19.9 Å². The number of hydrogen-bond donors (Lipinski definition) is 1. The minimum absolute atomic E-state index is 0.240. The zero-order chi connectivity index (χ0) is 14.8. The molecule has 21 heavy (non-hydrogen) atoms. The van der Waals surface area contributed by atoms with Crippen molar-refractivity contribution in [2.24, 2.45) is 0 Å². The third-order valence-corrected chi connectivity index (χ3v) is 5.61. The number of aryl methyl sites for hydroxylation is 1. The van der Waals surface area contributed by atoms with Gasteiger partial charge in [0, 0.05) is 9.17 Å². The lowest BCUT2D eigenvalue weighted by molar-refractivity contribution is 0.634. The van der Waals surface area contributed by atoms with E-state index in [1.54, 1.807) is 0 Å². The van der Waals surface area contributed by atoms with Crippen LogP contribution < -0.4 is 5.32 Å². The van der Waals surface area contributed by atoms with Gasteiger partial charge in [-0.3, -0.25) is 0 Å². The number of benzene rings is 2. The highest BCUT2D eigenvalue weighted by Gasteiger charge is 2.16. The van der Waals surface area contributed by atoms with Crippen LogP contribution in [0, 0.1) is 6.92 Å². The quantitative estimate of drug-likeness (QED) is 0.632. The van der Waals surface area contributed by atoms with Gasteiger partial charge in [0.1, 0.15) is 0 Å². The molecular formula is C18H18BrNS. The first-order chi connectivity index (χ1) is 10.2.